The minimum Gasteiger partial charge on any atom is -0.497 e. The maximum atomic E-state index is 12.8. The van der Waals surface area contributed by atoms with Crippen molar-refractivity contribution in [3.8, 4) is 5.75 Å². The van der Waals surface area contributed by atoms with Gasteiger partial charge in [-0.2, -0.15) is 4.72 Å². The summed E-state index contributed by atoms with van der Waals surface area (Å²) in [5.41, 5.74) is 0. The van der Waals surface area contributed by atoms with Crippen molar-refractivity contribution in [2.45, 2.75) is 31.2 Å². The molecule has 1 fully saturated rings. The molecule has 2 N–H and O–H groups in total. The smallest absolute Gasteiger partial charge is 0.241 e. The van der Waals surface area contributed by atoms with Crippen molar-refractivity contribution in [2.24, 2.45) is 5.92 Å². The highest BCUT2D eigenvalue weighted by Gasteiger charge is 2.32. The van der Waals surface area contributed by atoms with Gasteiger partial charge >= 0.3 is 0 Å². The van der Waals surface area contributed by atoms with Crippen LogP contribution >= 0.6 is 0 Å². The minimum absolute atomic E-state index is 0.0521. The van der Waals surface area contributed by atoms with Gasteiger partial charge in [-0.1, -0.05) is 13.8 Å². The molecule has 2 amide bonds. The third-order valence-electron chi connectivity index (χ3n) is 4.02. The fourth-order valence-corrected chi connectivity index (χ4v) is 3.93. The van der Waals surface area contributed by atoms with E-state index in [2.05, 4.69) is 10.0 Å². The molecule has 9 heteroatoms. The average Bonchev–Trinajstić information content (AvgIpc) is 2.60. The number of carbonyl (C=O) groups is 2. The van der Waals surface area contributed by atoms with E-state index in [0.717, 1.165) is 0 Å². The molecular formula is C17H25N3O5S. The largest absolute Gasteiger partial charge is 0.497 e. The quantitative estimate of drug-likeness (QED) is 0.707. The summed E-state index contributed by atoms with van der Waals surface area (Å²) in [6, 6.07) is 5.01. The monoisotopic (exact) mass is 383 g/mol. The number of ether oxygens (including phenoxy) is 1. The molecule has 1 aliphatic rings. The molecule has 0 aromatic heterocycles. The molecular weight excluding hydrogens is 358 g/mol. The summed E-state index contributed by atoms with van der Waals surface area (Å²) in [7, 11) is -2.39. The number of nitrogens with zero attached hydrogens (tertiary/aromatic N) is 1. The summed E-state index contributed by atoms with van der Waals surface area (Å²) in [6.07, 6.45) is 0.340. The summed E-state index contributed by atoms with van der Waals surface area (Å²) in [5, 5.41) is 2.65. The van der Waals surface area contributed by atoms with Crippen molar-refractivity contribution < 1.29 is 22.7 Å². The fourth-order valence-electron chi connectivity index (χ4n) is 2.73. The molecule has 1 saturated heterocycles. The molecule has 0 unspecified atom stereocenters. The molecule has 0 spiro atoms. The molecule has 1 heterocycles. The fraction of sp³-hybridized carbons (Fsp3) is 0.529. The van der Waals surface area contributed by atoms with E-state index in [1.165, 1.54) is 24.1 Å². The third-order valence-corrected chi connectivity index (χ3v) is 5.51. The van der Waals surface area contributed by atoms with Crippen LogP contribution in [0.5, 0.6) is 5.75 Å². The van der Waals surface area contributed by atoms with Crippen molar-refractivity contribution in [2.75, 3.05) is 26.7 Å². The highest BCUT2D eigenvalue weighted by Crippen LogP contribution is 2.17. The van der Waals surface area contributed by atoms with Gasteiger partial charge in [0.05, 0.1) is 18.6 Å². The molecule has 0 saturated carbocycles. The lowest BCUT2D eigenvalue weighted by atomic mass is 10.0. The summed E-state index contributed by atoms with van der Waals surface area (Å²) >= 11 is 0. The number of amides is 2. The first kappa shape index (κ1) is 20.2. The predicted octanol–water partition coefficient (Wildman–Crippen LogP) is 0.347. The van der Waals surface area contributed by atoms with Crippen molar-refractivity contribution in [3.05, 3.63) is 24.3 Å². The van der Waals surface area contributed by atoms with E-state index in [4.69, 9.17) is 4.74 Å². The van der Waals surface area contributed by atoms with Gasteiger partial charge in [0.25, 0.3) is 0 Å². The zero-order chi connectivity index (χ0) is 19.3. The van der Waals surface area contributed by atoms with Gasteiger partial charge in [0.2, 0.25) is 21.8 Å². The Balaban J connectivity index is 2.19. The topological polar surface area (TPSA) is 105 Å². The van der Waals surface area contributed by atoms with Crippen LogP contribution < -0.4 is 14.8 Å². The van der Waals surface area contributed by atoms with Crippen LogP contribution in [0.15, 0.2) is 29.2 Å². The van der Waals surface area contributed by atoms with E-state index in [9.17, 15) is 18.0 Å². The number of methoxy groups -OCH3 is 1. The molecule has 2 rings (SSSR count). The second kappa shape index (κ2) is 8.50. The van der Waals surface area contributed by atoms with Crippen LogP contribution in [0, 0.1) is 5.92 Å². The number of nitrogens with one attached hydrogen (secondary N) is 2. The molecule has 0 radical (unpaired) electrons. The first-order valence-corrected chi connectivity index (χ1v) is 9.93. The summed E-state index contributed by atoms with van der Waals surface area (Å²) in [4.78, 5) is 25.8. The van der Waals surface area contributed by atoms with Gasteiger partial charge in [-0.25, -0.2) is 8.42 Å². The van der Waals surface area contributed by atoms with E-state index in [1.807, 2.05) is 13.8 Å². The van der Waals surface area contributed by atoms with Crippen molar-refractivity contribution >= 4 is 21.8 Å². The van der Waals surface area contributed by atoms with Crippen LogP contribution in [0.3, 0.4) is 0 Å². The van der Waals surface area contributed by atoms with Crippen molar-refractivity contribution in [3.63, 3.8) is 0 Å². The SMILES string of the molecule is COc1ccc(S(=O)(=O)N[C@@H](CC(C)C)C(=O)N2CCNC(=O)C2)cc1. The average molecular weight is 383 g/mol. The molecule has 0 aliphatic carbocycles. The molecule has 8 nitrogen and oxygen atoms in total. The summed E-state index contributed by atoms with van der Waals surface area (Å²) in [5.74, 6) is 0.00997. The summed E-state index contributed by atoms with van der Waals surface area (Å²) < 4.78 is 32.9. The maximum Gasteiger partial charge on any atom is 0.241 e. The maximum absolute atomic E-state index is 12.8. The number of rotatable bonds is 7. The van der Waals surface area contributed by atoms with Crippen LogP contribution in [-0.2, 0) is 19.6 Å². The highest BCUT2D eigenvalue weighted by molar-refractivity contribution is 7.89. The standard InChI is InChI=1S/C17H25N3O5S/c1-12(2)10-15(17(22)20-9-8-18-16(21)11-20)19-26(23,24)14-6-4-13(25-3)5-7-14/h4-7,12,15,19H,8-11H2,1-3H3,(H,18,21)/t15-/m0/s1. The van der Waals surface area contributed by atoms with Crippen LogP contribution in [0.1, 0.15) is 20.3 Å². The van der Waals surface area contributed by atoms with E-state index in [0.29, 0.717) is 25.3 Å². The highest BCUT2D eigenvalue weighted by atomic mass is 32.2. The first-order chi connectivity index (χ1) is 12.2. The Morgan fingerprint density at radius 2 is 1.96 bits per heavy atom. The van der Waals surface area contributed by atoms with Crippen LogP contribution in [-0.4, -0.2) is 57.9 Å². The van der Waals surface area contributed by atoms with Gasteiger partial charge < -0.3 is 15.0 Å². The molecule has 26 heavy (non-hydrogen) atoms. The number of sulfonamides is 1. The Labute approximate surface area is 153 Å². The second-order valence-electron chi connectivity index (χ2n) is 6.59. The van der Waals surface area contributed by atoms with Crippen LogP contribution in [0.4, 0.5) is 0 Å². The lowest BCUT2D eigenvalue weighted by Crippen LogP contribution is -2.56. The molecule has 144 valence electrons. The second-order valence-corrected chi connectivity index (χ2v) is 8.30. The van der Waals surface area contributed by atoms with E-state index in [1.54, 1.807) is 12.1 Å². The number of hydrogen-bond acceptors (Lipinski definition) is 5. The Hall–Kier alpha value is -2.13. The molecule has 0 bridgehead atoms. The number of hydrogen-bond donors (Lipinski definition) is 2. The number of carbonyl (C=O) groups excluding carboxylic acids is 2. The van der Waals surface area contributed by atoms with E-state index >= 15 is 0 Å². The zero-order valence-electron chi connectivity index (χ0n) is 15.2. The third kappa shape index (κ3) is 5.18. The van der Waals surface area contributed by atoms with Gasteiger partial charge in [-0.3, -0.25) is 9.59 Å². The van der Waals surface area contributed by atoms with E-state index in [-0.39, 0.29) is 29.2 Å². The lowest BCUT2D eigenvalue weighted by molar-refractivity contribution is -0.139. The van der Waals surface area contributed by atoms with Gasteiger partial charge in [-0.15, -0.1) is 0 Å². The normalized spacial score (nSPS) is 16.3. The zero-order valence-corrected chi connectivity index (χ0v) is 16.0. The van der Waals surface area contributed by atoms with E-state index < -0.39 is 16.1 Å². The number of benzene rings is 1. The molecule has 1 aliphatic heterocycles. The first-order valence-electron chi connectivity index (χ1n) is 8.45. The van der Waals surface area contributed by atoms with Gasteiger partial charge in [-0.05, 0) is 36.6 Å². The van der Waals surface area contributed by atoms with Crippen molar-refractivity contribution in [1.29, 1.82) is 0 Å². The van der Waals surface area contributed by atoms with Crippen molar-refractivity contribution in [1.82, 2.24) is 14.9 Å². The lowest BCUT2D eigenvalue weighted by Gasteiger charge is -2.31. The Kier molecular flexibility index (Phi) is 6.60. The summed E-state index contributed by atoms with van der Waals surface area (Å²) in [6.45, 7) is 4.49. The molecule has 1 aromatic carbocycles. The Morgan fingerprint density at radius 1 is 1.31 bits per heavy atom. The Morgan fingerprint density at radius 3 is 2.50 bits per heavy atom. The predicted molar refractivity (Wildman–Crippen MR) is 96.1 cm³/mol. The molecule has 1 aromatic rings. The molecule has 1 atom stereocenters. The van der Waals surface area contributed by atoms with Gasteiger partial charge in [0.1, 0.15) is 11.8 Å². The minimum atomic E-state index is -3.88. The van der Waals surface area contributed by atoms with Gasteiger partial charge in [0, 0.05) is 13.1 Å². The number of piperazine rings is 1. The van der Waals surface area contributed by atoms with Crippen LogP contribution in [0.2, 0.25) is 0 Å². The van der Waals surface area contributed by atoms with Crippen LogP contribution in [0.25, 0.3) is 0 Å². The Bertz CT molecular complexity index is 746. The van der Waals surface area contributed by atoms with Gasteiger partial charge in [0.15, 0.2) is 0 Å².